The summed E-state index contributed by atoms with van der Waals surface area (Å²) in [5.41, 5.74) is 7.82. The second kappa shape index (κ2) is 8.38. The van der Waals surface area contributed by atoms with E-state index in [1.165, 1.54) is 0 Å². The van der Waals surface area contributed by atoms with Crippen LogP contribution in [0.2, 0.25) is 0 Å². The van der Waals surface area contributed by atoms with Crippen molar-refractivity contribution in [2.45, 2.75) is 39.2 Å². The molecule has 0 amide bonds. The first-order valence-corrected chi connectivity index (χ1v) is 6.79. The number of nitrogens with zero attached hydrogens (tertiary/aromatic N) is 1. The lowest BCUT2D eigenvalue weighted by Gasteiger charge is -2.09. The zero-order valence-electron chi connectivity index (χ0n) is 11.7. The first-order valence-electron chi connectivity index (χ1n) is 6.79. The largest absolute Gasteiger partial charge is 0.321 e. The number of allylic oxidation sites excluding steroid dienone is 1. The van der Waals surface area contributed by atoms with E-state index in [0.29, 0.717) is 12.8 Å². The first-order chi connectivity index (χ1) is 9.25. The van der Waals surface area contributed by atoms with E-state index in [4.69, 9.17) is 5.73 Å². The molecule has 0 radical (unpaired) electrons. The van der Waals surface area contributed by atoms with E-state index in [9.17, 15) is 4.79 Å². The van der Waals surface area contributed by atoms with Crippen LogP contribution in [0.4, 0.5) is 0 Å². The molecule has 3 nitrogen and oxygen atoms in total. The molecular formula is C16H22N2O. The van der Waals surface area contributed by atoms with Gasteiger partial charge in [0.25, 0.3) is 0 Å². The number of Topliss-reactive ketones (excluding diaryl/α,β-unsaturated/α-hetero) is 1. The summed E-state index contributed by atoms with van der Waals surface area (Å²) >= 11 is 0. The quantitative estimate of drug-likeness (QED) is 0.883. The van der Waals surface area contributed by atoms with Crippen LogP contribution in [0, 0.1) is 0 Å². The van der Waals surface area contributed by atoms with Gasteiger partial charge in [-0.05, 0) is 5.56 Å². The van der Waals surface area contributed by atoms with Crippen molar-refractivity contribution in [1.82, 2.24) is 0 Å². The SMILES string of the molecule is CC.NC(CC1=CCC=N1)C(=O)Cc1ccccc1. The molecule has 2 rings (SSSR count). The molecule has 1 aliphatic rings. The van der Waals surface area contributed by atoms with Crippen LogP contribution in [0.15, 0.2) is 47.1 Å². The summed E-state index contributed by atoms with van der Waals surface area (Å²) < 4.78 is 0. The summed E-state index contributed by atoms with van der Waals surface area (Å²) in [7, 11) is 0. The average molecular weight is 258 g/mol. The average Bonchev–Trinajstić information content (AvgIpc) is 2.95. The Morgan fingerprint density at radius 1 is 1.32 bits per heavy atom. The number of ketones is 1. The Labute approximate surface area is 115 Å². The minimum absolute atomic E-state index is 0.0687. The zero-order chi connectivity index (χ0) is 14.1. The third-order valence-electron chi connectivity index (χ3n) is 2.78. The summed E-state index contributed by atoms with van der Waals surface area (Å²) in [6.45, 7) is 4.00. The van der Waals surface area contributed by atoms with Crippen molar-refractivity contribution in [2.24, 2.45) is 10.7 Å². The summed E-state index contributed by atoms with van der Waals surface area (Å²) in [4.78, 5) is 16.1. The van der Waals surface area contributed by atoms with Crippen molar-refractivity contribution in [3.63, 3.8) is 0 Å². The molecule has 1 atom stereocenters. The number of rotatable bonds is 5. The number of nitrogens with two attached hydrogens (primary N) is 1. The van der Waals surface area contributed by atoms with Crippen molar-refractivity contribution in [1.29, 1.82) is 0 Å². The van der Waals surface area contributed by atoms with Gasteiger partial charge in [-0.2, -0.15) is 0 Å². The molecule has 3 heteroatoms. The fourth-order valence-electron chi connectivity index (χ4n) is 1.81. The highest BCUT2D eigenvalue weighted by Crippen LogP contribution is 2.13. The number of hydrogen-bond acceptors (Lipinski definition) is 3. The van der Waals surface area contributed by atoms with E-state index in [1.807, 2.05) is 56.5 Å². The monoisotopic (exact) mass is 258 g/mol. The van der Waals surface area contributed by atoms with Crippen LogP contribution < -0.4 is 5.73 Å². The molecule has 0 aromatic heterocycles. The van der Waals surface area contributed by atoms with Crippen molar-refractivity contribution in [3.8, 4) is 0 Å². The van der Waals surface area contributed by atoms with E-state index in [2.05, 4.69) is 4.99 Å². The molecule has 0 bridgehead atoms. The molecule has 0 spiro atoms. The van der Waals surface area contributed by atoms with Gasteiger partial charge in [0, 0.05) is 31.2 Å². The number of aliphatic imine (C=N–C) groups is 1. The molecule has 102 valence electrons. The molecule has 1 heterocycles. The van der Waals surface area contributed by atoms with Gasteiger partial charge < -0.3 is 5.73 Å². The number of hydrogen-bond donors (Lipinski definition) is 1. The third kappa shape index (κ3) is 5.18. The van der Waals surface area contributed by atoms with Gasteiger partial charge in [-0.25, -0.2) is 0 Å². The van der Waals surface area contributed by atoms with Crippen molar-refractivity contribution in [3.05, 3.63) is 47.7 Å². The molecule has 0 saturated heterocycles. The van der Waals surface area contributed by atoms with Gasteiger partial charge in [0.1, 0.15) is 0 Å². The lowest BCUT2D eigenvalue weighted by Crippen LogP contribution is -2.32. The van der Waals surface area contributed by atoms with Crippen LogP contribution in [0.5, 0.6) is 0 Å². The molecule has 1 unspecified atom stereocenters. The van der Waals surface area contributed by atoms with Crippen LogP contribution in [-0.2, 0) is 11.2 Å². The lowest BCUT2D eigenvalue weighted by molar-refractivity contribution is -0.119. The van der Waals surface area contributed by atoms with E-state index >= 15 is 0 Å². The molecular weight excluding hydrogens is 236 g/mol. The third-order valence-corrected chi connectivity index (χ3v) is 2.78. The fourth-order valence-corrected chi connectivity index (χ4v) is 1.81. The molecule has 1 aliphatic heterocycles. The predicted molar refractivity (Wildman–Crippen MR) is 80.3 cm³/mol. The highest BCUT2D eigenvalue weighted by molar-refractivity contribution is 5.86. The van der Waals surface area contributed by atoms with E-state index in [1.54, 1.807) is 0 Å². The molecule has 1 aromatic rings. The predicted octanol–water partition coefficient (Wildman–Crippen LogP) is 2.90. The Hall–Kier alpha value is -1.74. The van der Waals surface area contributed by atoms with Gasteiger partial charge in [0.2, 0.25) is 0 Å². The maximum Gasteiger partial charge on any atom is 0.154 e. The highest BCUT2D eigenvalue weighted by Gasteiger charge is 2.16. The molecule has 0 saturated carbocycles. The Balaban J connectivity index is 0.000000861. The van der Waals surface area contributed by atoms with E-state index < -0.39 is 6.04 Å². The highest BCUT2D eigenvalue weighted by atomic mass is 16.1. The molecule has 2 N–H and O–H groups in total. The molecule has 19 heavy (non-hydrogen) atoms. The number of carbonyl (C=O) groups excluding carboxylic acids is 1. The first kappa shape index (κ1) is 15.3. The summed E-state index contributed by atoms with van der Waals surface area (Å²) in [5.74, 6) is 0.0687. The zero-order valence-corrected chi connectivity index (χ0v) is 11.7. The van der Waals surface area contributed by atoms with Gasteiger partial charge in [0.15, 0.2) is 5.78 Å². The second-order valence-electron chi connectivity index (χ2n) is 4.18. The molecule has 1 aromatic carbocycles. The Morgan fingerprint density at radius 2 is 2.00 bits per heavy atom. The van der Waals surface area contributed by atoms with Gasteiger partial charge in [-0.15, -0.1) is 0 Å². The molecule has 0 fully saturated rings. The van der Waals surface area contributed by atoms with E-state index in [-0.39, 0.29) is 5.78 Å². The standard InChI is InChI=1S/C14H16N2O.C2H6/c15-13(10-12-7-4-8-16-12)14(17)9-11-5-2-1-3-6-11;1-2/h1-3,5-8,13H,4,9-10,15H2;1-2H3. The van der Waals surface area contributed by atoms with Crippen LogP contribution in [0.1, 0.15) is 32.3 Å². The van der Waals surface area contributed by atoms with Gasteiger partial charge in [-0.3, -0.25) is 9.79 Å². The smallest absolute Gasteiger partial charge is 0.154 e. The number of carbonyl (C=O) groups is 1. The maximum absolute atomic E-state index is 11.9. The van der Waals surface area contributed by atoms with Crippen molar-refractivity contribution in [2.75, 3.05) is 0 Å². The molecule has 0 aliphatic carbocycles. The maximum atomic E-state index is 11.9. The van der Waals surface area contributed by atoms with Crippen LogP contribution >= 0.6 is 0 Å². The van der Waals surface area contributed by atoms with Crippen LogP contribution in [0.3, 0.4) is 0 Å². The Kier molecular flexibility index (Phi) is 6.75. The summed E-state index contributed by atoms with van der Waals surface area (Å²) in [5, 5.41) is 0. The fraction of sp³-hybridized carbons (Fsp3) is 0.375. The van der Waals surface area contributed by atoms with Crippen LogP contribution in [0.25, 0.3) is 0 Å². The Bertz CT molecular complexity index is 449. The summed E-state index contributed by atoms with van der Waals surface area (Å²) in [6, 6.07) is 9.23. The van der Waals surface area contributed by atoms with Gasteiger partial charge in [-0.1, -0.05) is 50.3 Å². The second-order valence-corrected chi connectivity index (χ2v) is 4.18. The lowest BCUT2D eigenvalue weighted by atomic mass is 10.0. The minimum atomic E-state index is -0.447. The number of benzene rings is 1. The van der Waals surface area contributed by atoms with Gasteiger partial charge in [0.05, 0.1) is 6.04 Å². The topological polar surface area (TPSA) is 55.4 Å². The van der Waals surface area contributed by atoms with Crippen molar-refractivity contribution >= 4 is 12.0 Å². The van der Waals surface area contributed by atoms with Crippen molar-refractivity contribution < 1.29 is 4.79 Å². The van der Waals surface area contributed by atoms with Gasteiger partial charge >= 0.3 is 0 Å². The van der Waals surface area contributed by atoms with E-state index in [0.717, 1.165) is 17.7 Å². The van der Waals surface area contributed by atoms with Crippen LogP contribution in [-0.4, -0.2) is 18.0 Å². The minimum Gasteiger partial charge on any atom is -0.321 e. The summed E-state index contributed by atoms with van der Waals surface area (Å²) in [6.07, 6.45) is 5.65. The normalized spacial score (nSPS) is 14.4. The Morgan fingerprint density at radius 3 is 2.58 bits per heavy atom.